The molecule has 2 unspecified atom stereocenters. The van der Waals surface area contributed by atoms with E-state index >= 15 is 0 Å². The smallest absolute Gasteiger partial charge is 0.253 e. The molecule has 138 valence electrons. The van der Waals surface area contributed by atoms with E-state index in [4.69, 9.17) is 0 Å². The first-order valence-corrected chi connectivity index (χ1v) is 10.3. The lowest BCUT2D eigenvalue weighted by atomic mass is 10.1. The van der Waals surface area contributed by atoms with Gasteiger partial charge in [-0.3, -0.25) is 9.10 Å². The second kappa shape index (κ2) is 7.13. The molecule has 0 radical (unpaired) electrons. The van der Waals surface area contributed by atoms with Gasteiger partial charge in [0.05, 0.1) is 11.4 Å². The van der Waals surface area contributed by atoms with Crippen molar-refractivity contribution < 1.29 is 13.2 Å². The highest BCUT2D eigenvalue weighted by atomic mass is 35.5. The van der Waals surface area contributed by atoms with Gasteiger partial charge in [-0.15, -0.1) is 12.4 Å². The van der Waals surface area contributed by atoms with Crippen molar-refractivity contribution in [1.29, 1.82) is 0 Å². The molecule has 0 spiro atoms. The summed E-state index contributed by atoms with van der Waals surface area (Å²) in [5.41, 5.74) is 1.18. The van der Waals surface area contributed by atoms with Crippen molar-refractivity contribution >= 4 is 34.0 Å². The van der Waals surface area contributed by atoms with Gasteiger partial charge in [0.25, 0.3) is 5.91 Å². The van der Waals surface area contributed by atoms with Crippen LogP contribution in [0.3, 0.4) is 0 Å². The third kappa shape index (κ3) is 3.64. The van der Waals surface area contributed by atoms with Gasteiger partial charge in [-0.25, -0.2) is 8.42 Å². The summed E-state index contributed by atoms with van der Waals surface area (Å²) in [6.45, 7) is 2.00. The van der Waals surface area contributed by atoms with Crippen LogP contribution < -0.4 is 9.62 Å². The molecule has 4 rings (SSSR count). The second-order valence-electron chi connectivity index (χ2n) is 6.97. The molecular formula is C17H24ClN3O3S. The Morgan fingerprint density at radius 2 is 1.92 bits per heavy atom. The van der Waals surface area contributed by atoms with Crippen molar-refractivity contribution in [3.8, 4) is 0 Å². The molecule has 0 saturated carbocycles. The van der Waals surface area contributed by atoms with Gasteiger partial charge in [0.15, 0.2) is 0 Å². The summed E-state index contributed by atoms with van der Waals surface area (Å²) < 4.78 is 25.6. The number of sulfonamides is 1. The standard InChI is InChI=1S/C17H23N3O3S.ClH/c21-17(19-9-7-14-5-6-15(12-19)18-14)13-3-1-4-16(11-13)20-8-2-10-24(20,22)23;/h1,3-4,11,14-15,18H,2,5-10,12H2;1H. The predicted molar refractivity (Wildman–Crippen MR) is 99.9 cm³/mol. The quantitative estimate of drug-likeness (QED) is 0.839. The molecule has 3 saturated heterocycles. The zero-order chi connectivity index (χ0) is 16.7. The van der Waals surface area contributed by atoms with Crippen LogP contribution in [0.5, 0.6) is 0 Å². The van der Waals surface area contributed by atoms with E-state index in [1.807, 2.05) is 4.90 Å². The maximum absolute atomic E-state index is 12.9. The van der Waals surface area contributed by atoms with Gasteiger partial charge in [-0.2, -0.15) is 0 Å². The zero-order valence-electron chi connectivity index (χ0n) is 14.1. The number of halogens is 1. The molecule has 2 bridgehead atoms. The largest absolute Gasteiger partial charge is 0.337 e. The van der Waals surface area contributed by atoms with E-state index in [2.05, 4.69) is 5.32 Å². The van der Waals surface area contributed by atoms with Crippen molar-refractivity contribution in [2.45, 2.75) is 37.8 Å². The van der Waals surface area contributed by atoms with Crippen molar-refractivity contribution in [1.82, 2.24) is 10.2 Å². The van der Waals surface area contributed by atoms with Gasteiger partial charge < -0.3 is 10.2 Å². The Morgan fingerprint density at radius 1 is 1.12 bits per heavy atom. The molecule has 1 aromatic carbocycles. The fraction of sp³-hybridized carbons (Fsp3) is 0.588. The summed E-state index contributed by atoms with van der Waals surface area (Å²) in [6, 6.07) is 7.98. The Kier molecular flexibility index (Phi) is 5.27. The lowest BCUT2D eigenvalue weighted by Crippen LogP contribution is -2.39. The topological polar surface area (TPSA) is 69.7 Å². The molecule has 25 heavy (non-hydrogen) atoms. The molecule has 2 atom stereocenters. The van der Waals surface area contributed by atoms with E-state index < -0.39 is 10.0 Å². The van der Waals surface area contributed by atoms with Crippen LogP contribution in [0.4, 0.5) is 5.69 Å². The second-order valence-corrected chi connectivity index (χ2v) is 8.98. The highest BCUT2D eigenvalue weighted by molar-refractivity contribution is 7.93. The fourth-order valence-electron chi connectivity index (χ4n) is 4.03. The lowest BCUT2D eigenvalue weighted by molar-refractivity contribution is 0.0748. The summed E-state index contributed by atoms with van der Waals surface area (Å²) in [7, 11) is -3.22. The Labute approximate surface area is 155 Å². The van der Waals surface area contributed by atoms with Crippen LogP contribution in [-0.4, -0.2) is 56.7 Å². The lowest BCUT2D eigenvalue weighted by Gasteiger charge is -2.25. The van der Waals surface area contributed by atoms with Gasteiger partial charge in [0.2, 0.25) is 10.0 Å². The maximum Gasteiger partial charge on any atom is 0.253 e. The van der Waals surface area contributed by atoms with Crippen molar-refractivity contribution in [2.75, 3.05) is 29.7 Å². The number of hydrogen-bond acceptors (Lipinski definition) is 4. The van der Waals surface area contributed by atoms with Gasteiger partial charge in [-0.05, 0) is 43.9 Å². The first-order chi connectivity index (χ1) is 11.5. The average molecular weight is 386 g/mol. The summed E-state index contributed by atoms with van der Waals surface area (Å²) in [6.07, 6.45) is 3.96. The van der Waals surface area contributed by atoms with E-state index in [9.17, 15) is 13.2 Å². The third-order valence-electron chi connectivity index (χ3n) is 5.29. The zero-order valence-corrected chi connectivity index (χ0v) is 15.7. The van der Waals surface area contributed by atoms with E-state index in [1.54, 1.807) is 24.3 Å². The van der Waals surface area contributed by atoms with Crippen LogP contribution in [0.2, 0.25) is 0 Å². The van der Waals surface area contributed by atoms with E-state index in [1.165, 1.54) is 10.7 Å². The minimum Gasteiger partial charge on any atom is -0.337 e. The number of carbonyl (C=O) groups is 1. The van der Waals surface area contributed by atoms with E-state index in [0.717, 1.165) is 25.9 Å². The van der Waals surface area contributed by atoms with Crippen molar-refractivity contribution in [3.05, 3.63) is 29.8 Å². The molecule has 6 nitrogen and oxygen atoms in total. The van der Waals surface area contributed by atoms with Crippen LogP contribution in [0.1, 0.15) is 36.0 Å². The van der Waals surface area contributed by atoms with Gasteiger partial charge in [0.1, 0.15) is 0 Å². The summed E-state index contributed by atoms with van der Waals surface area (Å²) >= 11 is 0. The minimum atomic E-state index is -3.22. The number of rotatable bonds is 2. The molecule has 3 heterocycles. The molecule has 0 aliphatic carbocycles. The summed E-state index contributed by atoms with van der Waals surface area (Å²) in [5.74, 6) is 0.189. The first kappa shape index (κ1) is 18.5. The minimum absolute atomic E-state index is 0. The number of hydrogen-bond donors (Lipinski definition) is 1. The number of fused-ring (bicyclic) bond motifs is 2. The Balaban J connectivity index is 0.00000182. The van der Waals surface area contributed by atoms with Crippen LogP contribution in [-0.2, 0) is 10.0 Å². The molecule has 3 aliphatic heterocycles. The van der Waals surface area contributed by atoms with Gasteiger partial charge in [0, 0.05) is 37.3 Å². The van der Waals surface area contributed by atoms with E-state index in [-0.39, 0.29) is 24.1 Å². The Bertz CT molecular complexity index is 755. The fourth-order valence-corrected chi connectivity index (χ4v) is 5.59. The molecule has 1 aromatic rings. The predicted octanol–water partition coefficient (Wildman–Crippen LogP) is 1.61. The average Bonchev–Trinajstić information content (AvgIpc) is 3.08. The SMILES string of the molecule is Cl.O=C(c1cccc(N2CCCS2(=O)=O)c1)N1CCC2CCC(C1)N2. The molecule has 3 fully saturated rings. The van der Waals surface area contributed by atoms with Crippen molar-refractivity contribution in [2.24, 2.45) is 0 Å². The number of nitrogens with one attached hydrogen (secondary N) is 1. The Morgan fingerprint density at radius 3 is 2.68 bits per heavy atom. The van der Waals surface area contributed by atoms with Crippen LogP contribution in [0.15, 0.2) is 24.3 Å². The van der Waals surface area contributed by atoms with Gasteiger partial charge in [-0.1, -0.05) is 6.07 Å². The van der Waals surface area contributed by atoms with Gasteiger partial charge >= 0.3 is 0 Å². The maximum atomic E-state index is 12.9. The van der Waals surface area contributed by atoms with Crippen molar-refractivity contribution in [3.63, 3.8) is 0 Å². The monoisotopic (exact) mass is 385 g/mol. The highest BCUT2D eigenvalue weighted by Crippen LogP contribution is 2.26. The van der Waals surface area contributed by atoms with Crippen LogP contribution >= 0.6 is 12.4 Å². The number of likely N-dealkylation sites (tertiary alicyclic amines) is 1. The molecular weight excluding hydrogens is 362 g/mol. The van der Waals surface area contributed by atoms with Crippen LogP contribution in [0.25, 0.3) is 0 Å². The third-order valence-corrected chi connectivity index (χ3v) is 7.16. The number of nitrogens with zero attached hydrogens (tertiary/aromatic N) is 2. The molecule has 0 aromatic heterocycles. The summed E-state index contributed by atoms with van der Waals surface area (Å²) in [5, 5.41) is 3.57. The Hall–Kier alpha value is -1.31. The molecule has 8 heteroatoms. The summed E-state index contributed by atoms with van der Waals surface area (Å²) in [4.78, 5) is 14.8. The number of carbonyl (C=O) groups excluding carboxylic acids is 1. The van der Waals surface area contributed by atoms with E-state index in [0.29, 0.717) is 36.3 Å². The molecule has 3 aliphatic rings. The number of benzene rings is 1. The highest BCUT2D eigenvalue weighted by Gasteiger charge is 2.32. The molecule has 1 amide bonds. The number of anilines is 1. The normalized spacial score (nSPS) is 27.7. The number of amides is 1. The van der Waals surface area contributed by atoms with Crippen LogP contribution in [0, 0.1) is 0 Å². The molecule has 1 N–H and O–H groups in total. The first-order valence-electron chi connectivity index (χ1n) is 8.69.